The third-order valence-corrected chi connectivity index (χ3v) is 4.01. The minimum Gasteiger partial charge on any atom is -0.454 e. The Hall–Kier alpha value is -1.46. The second-order valence-electron chi connectivity index (χ2n) is 4.25. The number of ether oxygens (including phenoxy) is 2. The quantitative estimate of drug-likeness (QED) is 0.871. The highest BCUT2D eigenvalue weighted by atomic mass is 79.9. The van der Waals surface area contributed by atoms with Crippen molar-refractivity contribution in [2.75, 3.05) is 12.1 Å². The first-order valence-corrected chi connectivity index (χ1v) is 7.08. The molecule has 3 rings (SSSR count). The van der Waals surface area contributed by atoms with Gasteiger partial charge in [0.25, 0.3) is 0 Å². The molecule has 0 fully saturated rings. The largest absolute Gasteiger partial charge is 0.454 e. The van der Waals surface area contributed by atoms with E-state index in [0.29, 0.717) is 28.8 Å². The van der Waals surface area contributed by atoms with E-state index in [1.807, 2.05) is 12.1 Å². The van der Waals surface area contributed by atoms with Crippen molar-refractivity contribution in [3.05, 3.63) is 51.2 Å². The summed E-state index contributed by atoms with van der Waals surface area (Å²) in [5.74, 6) is 1.00. The summed E-state index contributed by atoms with van der Waals surface area (Å²) in [7, 11) is 0. The van der Waals surface area contributed by atoms with Crippen LogP contribution in [0.4, 0.5) is 10.1 Å². The van der Waals surface area contributed by atoms with Crippen LogP contribution in [0.1, 0.15) is 5.56 Å². The first-order valence-electron chi connectivity index (χ1n) is 5.91. The molecule has 1 N–H and O–H groups in total. The third kappa shape index (κ3) is 2.55. The van der Waals surface area contributed by atoms with Gasteiger partial charge in [-0.05, 0) is 29.8 Å². The average molecular weight is 359 g/mol. The van der Waals surface area contributed by atoms with Crippen LogP contribution < -0.4 is 14.8 Å². The standard InChI is InChI=1S/C14H10BrClFNO2/c15-9-5-13-12(19-7-20-13)4-8(9)6-18-14-10(16)2-1-3-11(14)17/h1-5,18H,6-7H2. The van der Waals surface area contributed by atoms with E-state index >= 15 is 0 Å². The normalized spacial score (nSPS) is 12.6. The van der Waals surface area contributed by atoms with Crippen LogP contribution in [0.2, 0.25) is 5.02 Å². The maximum Gasteiger partial charge on any atom is 0.231 e. The minimum atomic E-state index is -0.380. The second-order valence-corrected chi connectivity index (χ2v) is 5.51. The van der Waals surface area contributed by atoms with Crippen molar-refractivity contribution >= 4 is 33.2 Å². The van der Waals surface area contributed by atoms with Crippen LogP contribution in [-0.4, -0.2) is 6.79 Å². The predicted octanol–water partition coefficient (Wildman–Crippen LogP) is 4.58. The molecular weight excluding hydrogens is 349 g/mol. The Morgan fingerprint density at radius 2 is 2.00 bits per heavy atom. The summed E-state index contributed by atoms with van der Waals surface area (Å²) in [5, 5.41) is 3.35. The molecule has 2 aromatic rings. The zero-order chi connectivity index (χ0) is 14.1. The lowest BCUT2D eigenvalue weighted by molar-refractivity contribution is 0.174. The van der Waals surface area contributed by atoms with E-state index in [-0.39, 0.29) is 12.6 Å². The Morgan fingerprint density at radius 3 is 2.75 bits per heavy atom. The molecule has 3 nitrogen and oxygen atoms in total. The molecule has 1 aliphatic heterocycles. The van der Waals surface area contributed by atoms with Gasteiger partial charge in [0, 0.05) is 11.0 Å². The van der Waals surface area contributed by atoms with Gasteiger partial charge in [-0.15, -0.1) is 0 Å². The van der Waals surface area contributed by atoms with Crippen molar-refractivity contribution in [1.82, 2.24) is 0 Å². The van der Waals surface area contributed by atoms with Crippen molar-refractivity contribution < 1.29 is 13.9 Å². The van der Waals surface area contributed by atoms with E-state index in [4.69, 9.17) is 21.1 Å². The van der Waals surface area contributed by atoms with Gasteiger partial charge in [0.1, 0.15) is 5.82 Å². The Morgan fingerprint density at radius 1 is 1.25 bits per heavy atom. The average Bonchev–Trinajstić information content (AvgIpc) is 2.85. The van der Waals surface area contributed by atoms with E-state index in [9.17, 15) is 4.39 Å². The second kappa shape index (κ2) is 5.50. The first-order chi connectivity index (χ1) is 9.65. The van der Waals surface area contributed by atoms with Crippen molar-refractivity contribution in [2.24, 2.45) is 0 Å². The molecule has 20 heavy (non-hydrogen) atoms. The monoisotopic (exact) mass is 357 g/mol. The number of anilines is 1. The smallest absolute Gasteiger partial charge is 0.231 e. The van der Waals surface area contributed by atoms with Crippen molar-refractivity contribution in [3.63, 3.8) is 0 Å². The molecule has 0 unspecified atom stereocenters. The van der Waals surface area contributed by atoms with Crippen LogP contribution in [0, 0.1) is 5.82 Å². The summed E-state index contributed by atoms with van der Waals surface area (Å²) in [6, 6.07) is 8.26. The number of rotatable bonds is 3. The Labute approximate surface area is 128 Å². The molecular formula is C14H10BrClFNO2. The predicted molar refractivity (Wildman–Crippen MR) is 79.0 cm³/mol. The maximum absolute atomic E-state index is 13.7. The third-order valence-electron chi connectivity index (χ3n) is 2.96. The summed E-state index contributed by atoms with van der Waals surface area (Å²) < 4.78 is 25.1. The lowest BCUT2D eigenvalue weighted by Crippen LogP contribution is -2.03. The molecule has 0 aliphatic carbocycles. The van der Waals surface area contributed by atoms with Gasteiger partial charge in [0.15, 0.2) is 11.5 Å². The molecule has 1 heterocycles. The van der Waals surface area contributed by atoms with Crippen LogP contribution in [-0.2, 0) is 6.54 Å². The SMILES string of the molecule is Fc1cccc(Cl)c1NCc1cc2c(cc1Br)OCO2. The van der Waals surface area contributed by atoms with E-state index < -0.39 is 0 Å². The molecule has 0 saturated heterocycles. The molecule has 0 saturated carbocycles. The number of hydrogen-bond acceptors (Lipinski definition) is 3. The number of benzene rings is 2. The fourth-order valence-corrected chi connectivity index (χ4v) is 2.64. The molecule has 104 valence electrons. The topological polar surface area (TPSA) is 30.5 Å². The maximum atomic E-state index is 13.7. The zero-order valence-corrected chi connectivity index (χ0v) is 12.6. The minimum absolute atomic E-state index is 0.220. The Balaban J connectivity index is 1.82. The highest BCUT2D eigenvalue weighted by Gasteiger charge is 2.16. The fraction of sp³-hybridized carbons (Fsp3) is 0.143. The zero-order valence-electron chi connectivity index (χ0n) is 10.3. The van der Waals surface area contributed by atoms with Crippen molar-refractivity contribution in [3.8, 4) is 11.5 Å². The number of para-hydroxylation sites is 1. The van der Waals surface area contributed by atoms with E-state index in [0.717, 1.165) is 10.0 Å². The number of hydrogen-bond donors (Lipinski definition) is 1. The van der Waals surface area contributed by atoms with Crippen LogP contribution >= 0.6 is 27.5 Å². The summed E-state index contributed by atoms with van der Waals surface area (Å²) in [4.78, 5) is 0. The molecule has 0 radical (unpaired) electrons. The van der Waals surface area contributed by atoms with Gasteiger partial charge in [0.05, 0.1) is 10.7 Å². The molecule has 6 heteroatoms. The van der Waals surface area contributed by atoms with Gasteiger partial charge in [-0.25, -0.2) is 4.39 Å². The van der Waals surface area contributed by atoms with E-state index in [1.54, 1.807) is 12.1 Å². The molecule has 0 aromatic heterocycles. The van der Waals surface area contributed by atoms with Gasteiger partial charge < -0.3 is 14.8 Å². The number of halogens is 3. The lowest BCUT2D eigenvalue weighted by Gasteiger charge is -2.11. The van der Waals surface area contributed by atoms with Gasteiger partial charge >= 0.3 is 0 Å². The van der Waals surface area contributed by atoms with Crippen LogP contribution in [0.5, 0.6) is 11.5 Å². The molecule has 0 atom stereocenters. The number of fused-ring (bicyclic) bond motifs is 1. The van der Waals surface area contributed by atoms with E-state index in [1.165, 1.54) is 6.07 Å². The van der Waals surface area contributed by atoms with Gasteiger partial charge in [-0.3, -0.25) is 0 Å². The highest BCUT2D eigenvalue weighted by molar-refractivity contribution is 9.10. The first kappa shape index (κ1) is 13.5. The van der Waals surface area contributed by atoms with Gasteiger partial charge in [0.2, 0.25) is 6.79 Å². The molecule has 0 bridgehead atoms. The molecule has 0 spiro atoms. The Bertz CT molecular complexity index is 646. The van der Waals surface area contributed by atoms with Crippen LogP contribution in [0.25, 0.3) is 0 Å². The van der Waals surface area contributed by atoms with Crippen LogP contribution in [0.15, 0.2) is 34.8 Å². The molecule has 2 aromatic carbocycles. The van der Waals surface area contributed by atoms with Gasteiger partial charge in [-0.1, -0.05) is 33.6 Å². The molecule has 1 aliphatic rings. The summed E-state index contributed by atoms with van der Waals surface area (Å²) >= 11 is 9.43. The fourth-order valence-electron chi connectivity index (χ4n) is 1.95. The van der Waals surface area contributed by atoms with Gasteiger partial charge in [-0.2, -0.15) is 0 Å². The van der Waals surface area contributed by atoms with Crippen LogP contribution in [0.3, 0.4) is 0 Å². The summed E-state index contributed by atoms with van der Waals surface area (Å²) in [6.07, 6.45) is 0. The number of nitrogens with one attached hydrogen (secondary N) is 1. The molecule has 0 amide bonds. The summed E-state index contributed by atoms with van der Waals surface area (Å²) in [5.41, 5.74) is 1.22. The lowest BCUT2D eigenvalue weighted by atomic mass is 10.2. The highest BCUT2D eigenvalue weighted by Crippen LogP contribution is 2.37. The van der Waals surface area contributed by atoms with E-state index in [2.05, 4.69) is 21.2 Å². The van der Waals surface area contributed by atoms with Crippen molar-refractivity contribution in [1.29, 1.82) is 0 Å². The Kier molecular flexibility index (Phi) is 3.72. The summed E-state index contributed by atoms with van der Waals surface area (Å²) in [6.45, 7) is 0.635. The van der Waals surface area contributed by atoms with Crippen molar-refractivity contribution in [2.45, 2.75) is 6.54 Å².